The van der Waals surface area contributed by atoms with E-state index in [1.54, 1.807) is 24.3 Å². The molecule has 7 nitrogen and oxygen atoms in total. The zero-order chi connectivity index (χ0) is 16.8. The molecule has 0 aromatic heterocycles. The maximum Gasteiger partial charge on any atom is 0.314 e. The summed E-state index contributed by atoms with van der Waals surface area (Å²) in [7, 11) is 2.91. The predicted molar refractivity (Wildman–Crippen MR) is 82.5 cm³/mol. The fourth-order valence-electron chi connectivity index (χ4n) is 1.91. The van der Waals surface area contributed by atoms with Crippen LogP contribution in [0, 0.1) is 10.1 Å². The first-order valence-electron chi connectivity index (χ1n) is 6.67. The predicted octanol–water partition coefficient (Wildman–Crippen LogP) is 2.87. The largest absolute Gasteiger partial charge is 0.497 e. The van der Waals surface area contributed by atoms with Crippen molar-refractivity contribution in [2.75, 3.05) is 20.8 Å². The van der Waals surface area contributed by atoms with E-state index < -0.39 is 4.92 Å². The number of carbonyl (C=O) groups is 1. The van der Waals surface area contributed by atoms with Gasteiger partial charge in [-0.15, -0.1) is 0 Å². The zero-order valence-electron chi connectivity index (χ0n) is 12.6. The lowest BCUT2D eigenvalue weighted by Gasteiger charge is -2.08. The van der Waals surface area contributed by atoms with E-state index in [1.807, 2.05) is 0 Å². The highest BCUT2D eigenvalue weighted by atomic mass is 16.6. The van der Waals surface area contributed by atoms with E-state index in [0.717, 1.165) is 0 Å². The molecule has 120 valence electrons. The van der Waals surface area contributed by atoms with E-state index in [-0.39, 0.29) is 23.8 Å². The third-order valence-corrected chi connectivity index (χ3v) is 3.11. The molecule has 0 spiro atoms. The van der Waals surface area contributed by atoms with E-state index in [9.17, 15) is 14.9 Å². The van der Waals surface area contributed by atoms with Crippen LogP contribution in [0.2, 0.25) is 0 Å². The van der Waals surface area contributed by atoms with Crippen LogP contribution in [0.4, 0.5) is 5.69 Å². The third-order valence-electron chi connectivity index (χ3n) is 3.11. The minimum absolute atomic E-state index is 0.00652. The zero-order valence-corrected chi connectivity index (χ0v) is 12.6. The number of Topliss-reactive ketones (excluding diaryl/α,β-unsaturated/α-hetero) is 1. The van der Waals surface area contributed by atoms with E-state index >= 15 is 0 Å². The van der Waals surface area contributed by atoms with Crippen LogP contribution in [-0.4, -0.2) is 31.5 Å². The van der Waals surface area contributed by atoms with Gasteiger partial charge in [0.05, 0.1) is 25.2 Å². The van der Waals surface area contributed by atoms with Gasteiger partial charge in [-0.3, -0.25) is 14.9 Å². The molecule has 0 unspecified atom stereocenters. The molecule has 0 fully saturated rings. The molecular weight excluding hydrogens is 302 g/mol. The molecule has 0 amide bonds. The Morgan fingerprint density at radius 2 is 1.78 bits per heavy atom. The van der Waals surface area contributed by atoms with Gasteiger partial charge in [0.25, 0.3) is 0 Å². The molecule has 0 saturated heterocycles. The standard InChI is InChI=1S/C16H15NO6/c1-21-12-5-3-4-11(8-12)15(18)10-23-16-7-6-13(22-2)9-14(16)17(19)20/h3-9H,10H2,1-2H3. The van der Waals surface area contributed by atoms with Crippen LogP contribution in [0.3, 0.4) is 0 Å². The second kappa shape index (κ2) is 7.26. The van der Waals surface area contributed by atoms with Crippen LogP contribution in [0.1, 0.15) is 10.4 Å². The van der Waals surface area contributed by atoms with Gasteiger partial charge < -0.3 is 14.2 Å². The number of hydrogen-bond acceptors (Lipinski definition) is 6. The quantitative estimate of drug-likeness (QED) is 0.443. The number of hydrogen-bond donors (Lipinski definition) is 0. The molecule has 2 aromatic carbocycles. The van der Waals surface area contributed by atoms with E-state index in [4.69, 9.17) is 14.2 Å². The first-order valence-corrected chi connectivity index (χ1v) is 6.67. The number of rotatable bonds is 7. The van der Waals surface area contributed by atoms with Gasteiger partial charge >= 0.3 is 5.69 Å². The van der Waals surface area contributed by atoms with E-state index in [0.29, 0.717) is 17.1 Å². The van der Waals surface area contributed by atoms with Crippen molar-refractivity contribution < 1.29 is 23.9 Å². The molecule has 0 saturated carbocycles. The summed E-state index contributed by atoms with van der Waals surface area (Å²) in [6, 6.07) is 10.8. The Balaban J connectivity index is 2.13. The number of ether oxygens (including phenoxy) is 3. The number of nitrogens with zero attached hydrogens (tertiary/aromatic N) is 1. The number of nitro benzene ring substituents is 1. The summed E-state index contributed by atoms with van der Waals surface area (Å²) >= 11 is 0. The fourth-order valence-corrected chi connectivity index (χ4v) is 1.91. The van der Waals surface area contributed by atoms with E-state index in [1.165, 1.54) is 32.4 Å². The van der Waals surface area contributed by atoms with Gasteiger partial charge in [-0.1, -0.05) is 12.1 Å². The van der Waals surface area contributed by atoms with Crippen molar-refractivity contribution in [1.82, 2.24) is 0 Å². The SMILES string of the molecule is COc1cccc(C(=O)COc2ccc(OC)cc2[N+](=O)[O-])c1. The maximum absolute atomic E-state index is 12.1. The number of methoxy groups -OCH3 is 2. The molecule has 0 N–H and O–H groups in total. The lowest BCUT2D eigenvalue weighted by molar-refractivity contribution is -0.385. The normalized spacial score (nSPS) is 10.0. The van der Waals surface area contributed by atoms with Crippen molar-refractivity contribution in [3.05, 3.63) is 58.1 Å². The highest BCUT2D eigenvalue weighted by molar-refractivity contribution is 5.97. The summed E-state index contributed by atoms with van der Waals surface area (Å²) in [5, 5.41) is 11.1. The molecule has 2 rings (SSSR count). The van der Waals surface area contributed by atoms with Gasteiger partial charge in [0, 0.05) is 5.56 Å². The lowest BCUT2D eigenvalue weighted by atomic mass is 10.1. The Labute approximate surface area is 132 Å². The van der Waals surface area contributed by atoms with Crippen molar-refractivity contribution in [3.8, 4) is 17.2 Å². The Hall–Kier alpha value is -3.09. The third kappa shape index (κ3) is 3.97. The smallest absolute Gasteiger partial charge is 0.314 e. The minimum Gasteiger partial charge on any atom is -0.497 e. The van der Waals surface area contributed by atoms with Gasteiger partial charge in [-0.2, -0.15) is 0 Å². The number of carbonyl (C=O) groups excluding carboxylic acids is 1. The average molecular weight is 317 g/mol. The molecule has 0 bridgehead atoms. The van der Waals surface area contributed by atoms with Crippen LogP contribution < -0.4 is 14.2 Å². The molecule has 0 heterocycles. The topological polar surface area (TPSA) is 87.9 Å². The molecule has 2 aromatic rings. The molecule has 0 aliphatic rings. The first kappa shape index (κ1) is 16.3. The number of ketones is 1. The van der Waals surface area contributed by atoms with Crippen molar-refractivity contribution in [1.29, 1.82) is 0 Å². The Morgan fingerprint density at radius 3 is 2.43 bits per heavy atom. The molecular formula is C16H15NO6. The van der Waals surface area contributed by atoms with Crippen molar-refractivity contribution in [2.24, 2.45) is 0 Å². The maximum atomic E-state index is 12.1. The van der Waals surface area contributed by atoms with Crippen LogP contribution in [0.5, 0.6) is 17.2 Å². The van der Waals surface area contributed by atoms with Crippen molar-refractivity contribution >= 4 is 11.5 Å². The van der Waals surface area contributed by atoms with Crippen LogP contribution in [-0.2, 0) is 0 Å². The van der Waals surface area contributed by atoms with Gasteiger partial charge in [-0.25, -0.2) is 0 Å². The summed E-state index contributed by atoms with van der Waals surface area (Å²) in [4.78, 5) is 22.6. The molecule has 0 radical (unpaired) electrons. The summed E-state index contributed by atoms with van der Waals surface area (Å²) in [6.07, 6.45) is 0. The second-order valence-corrected chi connectivity index (χ2v) is 4.53. The summed E-state index contributed by atoms with van der Waals surface area (Å²) in [6.45, 7) is -0.319. The van der Waals surface area contributed by atoms with Crippen molar-refractivity contribution in [2.45, 2.75) is 0 Å². The lowest BCUT2D eigenvalue weighted by Crippen LogP contribution is -2.12. The van der Waals surface area contributed by atoms with Crippen LogP contribution >= 0.6 is 0 Å². The van der Waals surface area contributed by atoms with Crippen LogP contribution in [0.25, 0.3) is 0 Å². The Bertz CT molecular complexity index is 728. The molecule has 0 atom stereocenters. The van der Waals surface area contributed by atoms with Crippen LogP contribution in [0.15, 0.2) is 42.5 Å². The summed E-state index contributed by atoms with van der Waals surface area (Å²) in [5.41, 5.74) is 0.142. The minimum atomic E-state index is -0.589. The summed E-state index contributed by atoms with van der Waals surface area (Å²) < 4.78 is 15.3. The van der Waals surface area contributed by atoms with E-state index in [2.05, 4.69) is 0 Å². The van der Waals surface area contributed by atoms with Gasteiger partial charge in [0.2, 0.25) is 0 Å². The monoisotopic (exact) mass is 317 g/mol. The molecule has 0 aliphatic heterocycles. The summed E-state index contributed by atoms with van der Waals surface area (Å²) in [5.74, 6) is 0.579. The number of benzene rings is 2. The second-order valence-electron chi connectivity index (χ2n) is 4.53. The van der Waals surface area contributed by atoms with Gasteiger partial charge in [0.1, 0.15) is 11.5 Å². The van der Waals surface area contributed by atoms with Gasteiger partial charge in [0.15, 0.2) is 18.1 Å². The Morgan fingerprint density at radius 1 is 1.09 bits per heavy atom. The van der Waals surface area contributed by atoms with Crippen molar-refractivity contribution in [3.63, 3.8) is 0 Å². The first-order chi connectivity index (χ1) is 11.0. The Kier molecular flexibility index (Phi) is 5.14. The molecule has 23 heavy (non-hydrogen) atoms. The van der Waals surface area contributed by atoms with Gasteiger partial charge in [-0.05, 0) is 24.3 Å². The average Bonchev–Trinajstić information content (AvgIpc) is 2.59. The molecule has 0 aliphatic carbocycles. The highest BCUT2D eigenvalue weighted by Crippen LogP contribution is 2.31. The number of nitro groups is 1. The fraction of sp³-hybridized carbons (Fsp3) is 0.188. The highest BCUT2D eigenvalue weighted by Gasteiger charge is 2.18. The molecule has 7 heteroatoms.